The third-order valence-electron chi connectivity index (χ3n) is 3.68. The van der Waals surface area contributed by atoms with Gasteiger partial charge in [0.05, 0.1) is 12.0 Å². The van der Waals surface area contributed by atoms with Gasteiger partial charge in [0.25, 0.3) is 0 Å². The molecule has 2 aliphatic rings. The smallest absolute Gasteiger partial charge is 0.223 e. The Balaban J connectivity index is 1.71. The first kappa shape index (κ1) is 10.8. The SMILES string of the molecule is Cn1ccnc1C1CNCC1NC(=O)C1CC1. The molecular weight excluding hydrogens is 216 g/mol. The van der Waals surface area contributed by atoms with Gasteiger partial charge in [-0.05, 0) is 12.8 Å². The molecule has 1 aliphatic heterocycles. The zero-order valence-electron chi connectivity index (χ0n) is 10.0. The van der Waals surface area contributed by atoms with Crippen molar-refractivity contribution in [3.63, 3.8) is 0 Å². The summed E-state index contributed by atoms with van der Waals surface area (Å²) in [7, 11) is 2.00. The van der Waals surface area contributed by atoms with Crippen LogP contribution in [0, 0.1) is 5.92 Å². The van der Waals surface area contributed by atoms with Crippen LogP contribution in [0.4, 0.5) is 0 Å². The average molecular weight is 234 g/mol. The number of imidazole rings is 1. The van der Waals surface area contributed by atoms with E-state index in [9.17, 15) is 4.79 Å². The standard InChI is InChI=1S/C12H18N4O/c1-16-5-4-14-11(16)9-6-13-7-10(9)15-12(17)8-2-3-8/h4-5,8-10,13H,2-3,6-7H2,1H3,(H,15,17). The molecule has 2 fully saturated rings. The fourth-order valence-electron chi connectivity index (χ4n) is 2.48. The van der Waals surface area contributed by atoms with Crippen LogP contribution >= 0.6 is 0 Å². The lowest BCUT2D eigenvalue weighted by Gasteiger charge is -2.19. The molecule has 2 N–H and O–H groups in total. The van der Waals surface area contributed by atoms with Crippen molar-refractivity contribution in [2.45, 2.75) is 24.8 Å². The summed E-state index contributed by atoms with van der Waals surface area (Å²) in [4.78, 5) is 16.2. The molecule has 1 amide bonds. The minimum atomic E-state index is 0.184. The van der Waals surface area contributed by atoms with Crippen molar-refractivity contribution in [2.24, 2.45) is 13.0 Å². The lowest BCUT2D eigenvalue weighted by molar-refractivity contribution is -0.123. The predicted octanol–water partition coefficient (Wildman–Crippen LogP) is 0.00170. The lowest BCUT2D eigenvalue weighted by Crippen LogP contribution is -2.40. The molecule has 5 nitrogen and oxygen atoms in total. The van der Waals surface area contributed by atoms with Crippen molar-refractivity contribution in [1.82, 2.24) is 20.2 Å². The Kier molecular flexibility index (Phi) is 2.63. The molecule has 0 radical (unpaired) electrons. The summed E-state index contributed by atoms with van der Waals surface area (Å²) in [5.74, 6) is 1.84. The first-order valence-electron chi connectivity index (χ1n) is 6.24. The maximum absolute atomic E-state index is 11.8. The van der Waals surface area contributed by atoms with E-state index in [0.29, 0.717) is 0 Å². The van der Waals surface area contributed by atoms with E-state index < -0.39 is 0 Å². The quantitative estimate of drug-likeness (QED) is 0.774. The molecule has 2 unspecified atom stereocenters. The third kappa shape index (κ3) is 2.07. The highest BCUT2D eigenvalue weighted by Crippen LogP contribution is 2.30. The third-order valence-corrected chi connectivity index (χ3v) is 3.68. The van der Waals surface area contributed by atoms with Gasteiger partial charge in [0, 0.05) is 38.4 Å². The van der Waals surface area contributed by atoms with Crippen molar-refractivity contribution >= 4 is 5.91 Å². The van der Waals surface area contributed by atoms with E-state index >= 15 is 0 Å². The summed E-state index contributed by atoms with van der Waals surface area (Å²) < 4.78 is 2.04. The molecule has 17 heavy (non-hydrogen) atoms. The molecule has 5 heteroatoms. The lowest BCUT2D eigenvalue weighted by atomic mass is 10.0. The molecule has 2 atom stereocenters. The van der Waals surface area contributed by atoms with Crippen LogP contribution in [0.5, 0.6) is 0 Å². The van der Waals surface area contributed by atoms with E-state index in [0.717, 1.165) is 31.8 Å². The first-order valence-corrected chi connectivity index (χ1v) is 6.24. The summed E-state index contributed by atoms with van der Waals surface area (Å²) in [5.41, 5.74) is 0. The van der Waals surface area contributed by atoms with Crippen LogP contribution in [0.2, 0.25) is 0 Å². The fraction of sp³-hybridized carbons (Fsp3) is 0.667. The number of carbonyl (C=O) groups is 1. The maximum Gasteiger partial charge on any atom is 0.223 e. The van der Waals surface area contributed by atoms with Gasteiger partial charge in [-0.2, -0.15) is 0 Å². The van der Waals surface area contributed by atoms with Gasteiger partial charge in [-0.25, -0.2) is 4.98 Å². The highest BCUT2D eigenvalue weighted by Gasteiger charge is 2.36. The van der Waals surface area contributed by atoms with Gasteiger partial charge in [-0.15, -0.1) is 0 Å². The first-order chi connectivity index (χ1) is 8.25. The molecule has 1 saturated carbocycles. The summed E-state index contributed by atoms with van der Waals surface area (Å²) in [6.45, 7) is 1.73. The molecule has 1 saturated heterocycles. The van der Waals surface area contributed by atoms with Gasteiger partial charge < -0.3 is 15.2 Å². The van der Waals surface area contributed by atoms with Crippen LogP contribution in [-0.2, 0) is 11.8 Å². The van der Waals surface area contributed by atoms with Crippen LogP contribution in [0.25, 0.3) is 0 Å². The van der Waals surface area contributed by atoms with Crippen LogP contribution in [-0.4, -0.2) is 34.6 Å². The fourth-order valence-corrected chi connectivity index (χ4v) is 2.48. The number of rotatable bonds is 3. The molecule has 0 spiro atoms. The largest absolute Gasteiger partial charge is 0.351 e. The molecule has 0 aromatic carbocycles. The Morgan fingerprint density at radius 2 is 2.35 bits per heavy atom. The number of hydrogen-bond donors (Lipinski definition) is 2. The average Bonchev–Trinajstić information content (AvgIpc) is 2.94. The van der Waals surface area contributed by atoms with Crippen molar-refractivity contribution < 1.29 is 4.79 Å². The molecule has 1 aromatic rings. The van der Waals surface area contributed by atoms with E-state index in [-0.39, 0.29) is 23.8 Å². The Bertz CT molecular complexity index is 424. The molecular formula is C12H18N4O. The molecule has 1 aliphatic carbocycles. The minimum absolute atomic E-state index is 0.184. The number of amides is 1. The van der Waals surface area contributed by atoms with Crippen molar-refractivity contribution in [1.29, 1.82) is 0 Å². The van der Waals surface area contributed by atoms with E-state index in [4.69, 9.17) is 0 Å². The zero-order valence-corrected chi connectivity index (χ0v) is 10.0. The van der Waals surface area contributed by atoms with Crippen LogP contribution in [0.3, 0.4) is 0 Å². The summed E-state index contributed by atoms with van der Waals surface area (Å²) >= 11 is 0. The van der Waals surface area contributed by atoms with Gasteiger partial charge in [-0.1, -0.05) is 0 Å². The number of nitrogens with zero attached hydrogens (tertiary/aromatic N) is 2. The number of carbonyl (C=O) groups excluding carboxylic acids is 1. The van der Waals surface area contributed by atoms with Gasteiger partial charge in [0.15, 0.2) is 0 Å². The zero-order chi connectivity index (χ0) is 11.8. The highest BCUT2D eigenvalue weighted by molar-refractivity contribution is 5.81. The number of nitrogens with one attached hydrogen (secondary N) is 2. The Morgan fingerprint density at radius 1 is 1.53 bits per heavy atom. The van der Waals surface area contributed by atoms with E-state index in [1.807, 2.05) is 24.0 Å². The Hall–Kier alpha value is -1.36. The van der Waals surface area contributed by atoms with Gasteiger partial charge in [-0.3, -0.25) is 4.79 Å². The van der Waals surface area contributed by atoms with Gasteiger partial charge >= 0.3 is 0 Å². The van der Waals surface area contributed by atoms with Crippen LogP contribution in [0.15, 0.2) is 12.4 Å². The molecule has 1 aromatic heterocycles. The summed E-state index contributed by atoms with van der Waals surface area (Å²) in [6, 6.07) is 0.184. The number of aryl methyl sites for hydroxylation is 1. The minimum Gasteiger partial charge on any atom is -0.351 e. The van der Waals surface area contributed by atoms with Crippen LogP contribution in [0.1, 0.15) is 24.6 Å². The number of aromatic nitrogens is 2. The number of hydrogen-bond acceptors (Lipinski definition) is 3. The van der Waals surface area contributed by atoms with E-state index in [1.165, 1.54) is 0 Å². The summed E-state index contributed by atoms with van der Waals surface area (Å²) in [5, 5.41) is 6.49. The summed E-state index contributed by atoms with van der Waals surface area (Å²) in [6.07, 6.45) is 5.87. The predicted molar refractivity (Wildman–Crippen MR) is 63.5 cm³/mol. The van der Waals surface area contributed by atoms with Crippen molar-refractivity contribution in [2.75, 3.05) is 13.1 Å². The normalized spacial score (nSPS) is 28.3. The topological polar surface area (TPSA) is 59.0 Å². The highest BCUT2D eigenvalue weighted by atomic mass is 16.2. The molecule has 2 heterocycles. The molecule has 3 rings (SSSR count). The van der Waals surface area contributed by atoms with Gasteiger partial charge in [0.1, 0.15) is 5.82 Å². The van der Waals surface area contributed by atoms with Crippen LogP contribution < -0.4 is 10.6 Å². The second kappa shape index (κ2) is 4.14. The maximum atomic E-state index is 11.8. The van der Waals surface area contributed by atoms with Crippen molar-refractivity contribution in [3.05, 3.63) is 18.2 Å². The van der Waals surface area contributed by atoms with E-state index in [1.54, 1.807) is 0 Å². The second-order valence-electron chi connectivity index (χ2n) is 5.05. The van der Waals surface area contributed by atoms with Crippen molar-refractivity contribution in [3.8, 4) is 0 Å². The molecule has 0 bridgehead atoms. The van der Waals surface area contributed by atoms with Gasteiger partial charge in [0.2, 0.25) is 5.91 Å². The molecule has 92 valence electrons. The Labute approximate surface area is 101 Å². The second-order valence-corrected chi connectivity index (χ2v) is 5.05. The van der Waals surface area contributed by atoms with E-state index in [2.05, 4.69) is 15.6 Å². The Morgan fingerprint density at radius 3 is 3.00 bits per heavy atom. The monoisotopic (exact) mass is 234 g/mol.